The van der Waals surface area contributed by atoms with Gasteiger partial charge in [0.1, 0.15) is 5.75 Å². The number of methoxy groups -OCH3 is 1. The van der Waals surface area contributed by atoms with Crippen LogP contribution in [0.5, 0.6) is 5.75 Å². The Balaban J connectivity index is 2.48. The molecule has 0 aliphatic carbocycles. The fourth-order valence-electron chi connectivity index (χ4n) is 2.05. The second-order valence-electron chi connectivity index (χ2n) is 4.01. The van der Waals surface area contributed by atoms with Gasteiger partial charge in [-0.3, -0.25) is 0 Å². The first-order valence-electron chi connectivity index (χ1n) is 5.98. The molecule has 5 heteroatoms. The summed E-state index contributed by atoms with van der Waals surface area (Å²) < 4.78 is 6.83. The third-order valence-electron chi connectivity index (χ3n) is 2.85. The molecule has 0 fully saturated rings. The molecule has 0 spiro atoms. The molecule has 1 heterocycles. The number of hydrogen-bond acceptors (Lipinski definition) is 3. The van der Waals surface area contributed by atoms with Gasteiger partial charge in [0.2, 0.25) is 0 Å². The number of ether oxygens (including phenoxy) is 1. The van der Waals surface area contributed by atoms with E-state index in [2.05, 4.69) is 12.2 Å². The number of para-hydroxylation sites is 1. The summed E-state index contributed by atoms with van der Waals surface area (Å²) in [5, 5.41) is 3.43. The summed E-state index contributed by atoms with van der Waals surface area (Å²) in [6, 6.07) is 9.82. The number of nitrogens with one attached hydrogen (secondary N) is 1. The molecular formula is C14H15Cl2NOS. The van der Waals surface area contributed by atoms with E-state index in [9.17, 15) is 0 Å². The Labute approximate surface area is 127 Å². The number of thiophene rings is 1. The Morgan fingerprint density at radius 1 is 1.26 bits per heavy atom. The predicted molar refractivity (Wildman–Crippen MR) is 82.9 cm³/mol. The Kier molecular flexibility index (Phi) is 5.11. The van der Waals surface area contributed by atoms with E-state index in [0.717, 1.165) is 23.4 Å². The number of halogens is 2. The Hall–Kier alpha value is -0.740. The molecule has 0 aliphatic heterocycles. The molecule has 0 aliphatic rings. The van der Waals surface area contributed by atoms with Gasteiger partial charge < -0.3 is 10.1 Å². The summed E-state index contributed by atoms with van der Waals surface area (Å²) in [7, 11) is 1.67. The van der Waals surface area contributed by atoms with E-state index in [1.807, 2.05) is 30.3 Å². The van der Waals surface area contributed by atoms with E-state index in [1.54, 1.807) is 7.11 Å². The highest BCUT2D eigenvalue weighted by atomic mass is 35.5. The van der Waals surface area contributed by atoms with Gasteiger partial charge in [0.15, 0.2) is 0 Å². The second-order valence-corrected chi connectivity index (χ2v) is 6.30. The van der Waals surface area contributed by atoms with E-state index in [4.69, 9.17) is 27.9 Å². The quantitative estimate of drug-likeness (QED) is 0.858. The van der Waals surface area contributed by atoms with Gasteiger partial charge in [0, 0.05) is 11.1 Å². The summed E-state index contributed by atoms with van der Waals surface area (Å²) in [5.41, 5.74) is 2.05. The summed E-state index contributed by atoms with van der Waals surface area (Å²) in [4.78, 5) is 0. The monoisotopic (exact) mass is 315 g/mol. The highest BCUT2D eigenvalue weighted by molar-refractivity contribution is 7.20. The van der Waals surface area contributed by atoms with Crippen molar-refractivity contribution < 1.29 is 4.74 Å². The summed E-state index contributed by atoms with van der Waals surface area (Å²) in [5.74, 6) is 0.840. The lowest BCUT2D eigenvalue weighted by atomic mass is 10.00. The van der Waals surface area contributed by atoms with Crippen LogP contribution in [0.15, 0.2) is 30.3 Å². The number of rotatable bonds is 5. The smallest absolute Gasteiger partial charge is 0.123 e. The molecule has 1 unspecified atom stereocenters. The van der Waals surface area contributed by atoms with E-state index >= 15 is 0 Å². The van der Waals surface area contributed by atoms with Gasteiger partial charge in [-0.15, -0.1) is 11.3 Å². The molecule has 0 bridgehead atoms. The Morgan fingerprint density at radius 2 is 2.00 bits per heavy atom. The fraction of sp³-hybridized carbons (Fsp3) is 0.286. The minimum atomic E-state index is -0.0163. The van der Waals surface area contributed by atoms with Crippen LogP contribution in [0.4, 0.5) is 0 Å². The third kappa shape index (κ3) is 3.23. The topological polar surface area (TPSA) is 21.3 Å². The van der Waals surface area contributed by atoms with E-state index in [0.29, 0.717) is 8.67 Å². The van der Waals surface area contributed by atoms with Crippen molar-refractivity contribution in [2.45, 2.75) is 13.0 Å². The van der Waals surface area contributed by atoms with Crippen LogP contribution < -0.4 is 10.1 Å². The van der Waals surface area contributed by atoms with Gasteiger partial charge in [0.25, 0.3) is 0 Å². The zero-order valence-electron chi connectivity index (χ0n) is 10.7. The molecule has 2 nitrogen and oxygen atoms in total. The van der Waals surface area contributed by atoms with Crippen LogP contribution in [0.2, 0.25) is 8.67 Å². The largest absolute Gasteiger partial charge is 0.496 e. The number of hydrogen-bond donors (Lipinski definition) is 1. The standard InChI is InChI=1S/C14H15Cl2NOS/c1-3-17-13(10-8-12(15)19-14(10)16)9-6-4-5-7-11(9)18-2/h4-8,13,17H,3H2,1-2H3. The SMILES string of the molecule is CCNC(c1ccccc1OC)c1cc(Cl)sc1Cl. The van der Waals surface area contributed by atoms with Crippen LogP contribution in [0.1, 0.15) is 24.1 Å². The van der Waals surface area contributed by atoms with Crippen LogP contribution in [-0.4, -0.2) is 13.7 Å². The van der Waals surface area contributed by atoms with Gasteiger partial charge >= 0.3 is 0 Å². The van der Waals surface area contributed by atoms with Crippen LogP contribution in [0.3, 0.4) is 0 Å². The van der Waals surface area contributed by atoms with Crippen LogP contribution in [0, 0.1) is 0 Å². The van der Waals surface area contributed by atoms with Gasteiger partial charge in [0.05, 0.1) is 21.8 Å². The maximum absolute atomic E-state index is 6.27. The van der Waals surface area contributed by atoms with E-state index in [1.165, 1.54) is 11.3 Å². The van der Waals surface area contributed by atoms with Gasteiger partial charge in [-0.1, -0.05) is 48.3 Å². The van der Waals surface area contributed by atoms with Crippen molar-refractivity contribution in [1.29, 1.82) is 0 Å². The minimum absolute atomic E-state index is 0.0163. The molecular weight excluding hydrogens is 301 g/mol. The first-order valence-corrected chi connectivity index (χ1v) is 7.55. The van der Waals surface area contributed by atoms with Crippen molar-refractivity contribution in [3.05, 3.63) is 50.1 Å². The van der Waals surface area contributed by atoms with Crippen molar-refractivity contribution in [3.63, 3.8) is 0 Å². The zero-order valence-corrected chi connectivity index (χ0v) is 13.1. The van der Waals surface area contributed by atoms with Crippen molar-refractivity contribution in [3.8, 4) is 5.75 Å². The van der Waals surface area contributed by atoms with Gasteiger partial charge in [-0.2, -0.15) is 0 Å². The molecule has 0 amide bonds. The fourth-order valence-corrected chi connectivity index (χ4v) is 3.58. The molecule has 0 radical (unpaired) electrons. The van der Waals surface area contributed by atoms with E-state index in [-0.39, 0.29) is 6.04 Å². The van der Waals surface area contributed by atoms with Gasteiger partial charge in [-0.05, 0) is 18.7 Å². The van der Waals surface area contributed by atoms with Gasteiger partial charge in [-0.25, -0.2) is 0 Å². The molecule has 0 saturated carbocycles. The lowest BCUT2D eigenvalue weighted by Crippen LogP contribution is -2.22. The Morgan fingerprint density at radius 3 is 2.58 bits per heavy atom. The molecule has 102 valence electrons. The van der Waals surface area contributed by atoms with Crippen LogP contribution >= 0.6 is 34.5 Å². The van der Waals surface area contributed by atoms with Crippen molar-refractivity contribution >= 4 is 34.5 Å². The molecule has 1 aromatic carbocycles. The molecule has 1 atom stereocenters. The average Bonchev–Trinajstić information content (AvgIpc) is 2.75. The molecule has 0 saturated heterocycles. The predicted octanol–water partition coefficient (Wildman–Crippen LogP) is 4.76. The summed E-state index contributed by atoms with van der Waals surface area (Å²) in [6.07, 6.45) is 0. The highest BCUT2D eigenvalue weighted by Gasteiger charge is 2.21. The van der Waals surface area contributed by atoms with Crippen LogP contribution in [-0.2, 0) is 0 Å². The molecule has 19 heavy (non-hydrogen) atoms. The average molecular weight is 316 g/mol. The molecule has 2 rings (SSSR count). The van der Waals surface area contributed by atoms with Crippen molar-refractivity contribution in [1.82, 2.24) is 5.32 Å². The van der Waals surface area contributed by atoms with Crippen molar-refractivity contribution in [2.75, 3.05) is 13.7 Å². The zero-order chi connectivity index (χ0) is 13.8. The molecule has 1 N–H and O–H groups in total. The first kappa shape index (κ1) is 14.7. The molecule has 1 aromatic heterocycles. The lowest BCUT2D eigenvalue weighted by molar-refractivity contribution is 0.404. The first-order chi connectivity index (χ1) is 9.17. The molecule has 2 aromatic rings. The van der Waals surface area contributed by atoms with Crippen molar-refractivity contribution in [2.24, 2.45) is 0 Å². The maximum atomic E-state index is 6.27. The lowest BCUT2D eigenvalue weighted by Gasteiger charge is -2.20. The van der Waals surface area contributed by atoms with E-state index < -0.39 is 0 Å². The maximum Gasteiger partial charge on any atom is 0.123 e. The number of benzene rings is 1. The summed E-state index contributed by atoms with van der Waals surface area (Å²) in [6.45, 7) is 2.89. The normalized spacial score (nSPS) is 12.4. The minimum Gasteiger partial charge on any atom is -0.496 e. The second kappa shape index (κ2) is 6.62. The van der Waals surface area contributed by atoms with Crippen LogP contribution in [0.25, 0.3) is 0 Å². The Bertz CT molecular complexity index is 556. The third-order valence-corrected chi connectivity index (χ3v) is 4.37. The highest BCUT2D eigenvalue weighted by Crippen LogP contribution is 2.39. The summed E-state index contributed by atoms with van der Waals surface area (Å²) >= 11 is 13.7.